The lowest BCUT2D eigenvalue weighted by atomic mass is 10.0. The van der Waals surface area contributed by atoms with Crippen molar-refractivity contribution in [3.63, 3.8) is 0 Å². The van der Waals surface area contributed by atoms with E-state index >= 15 is 0 Å². The van der Waals surface area contributed by atoms with Crippen molar-refractivity contribution in [1.29, 1.82) is 0 Å². The number of carbonyl (C=O) groups excluding carboxylic acids is 1. The van der Waals surface area contributed by atoms with Crippen LogP contribution in [-0.2, 0) is 0 Å². The lowest BCUT2D eigenvalue weighted by molar-refractivity contribution is -0.385. The van der Waals surface area contributed by atoms with E-state index in [0.717, 1.165) is 12.0 Å². The van der Waals surface area contributed by atoms with Crippen molar-refractivity contribution in [3.8, 4) is 0 Å². The second-order valence-corrected chi connectivity index (χ2v) is 5.68. The summed E-state index contributed by atoms with van der Waals surface area (Å²) in [5.74, 6) is -0.259. The molecular formula is C17H17ClN2O3. The van der Waals surface area contributed by atoms with Crippen LogP contribution in [0.4, 0.5) is 5.69 Å². The van der Waals surface area contributed by atoms with E-state index in [1.807, 2.05) is 19.1 Å². The van der Waals surface area contributed by atoms with Gasteiger partial charge in [0.1, 0.15) is 0 Å². The summed E-state index contributed by atoms with van der Waals surface area (Å²) in [7, 11) is 0. The van der Waals surface area contributed by atoms with E-state index in [2.05, 4.69) is 5.32 Å². The minimum atomic E-state index is -0.459. The first-order valence-electron chi connectivity index (χ1n) is 7.23. The van der Waals surface area contributed by atoms with Gasteiger partial charge in [-0.15, -0.1) is 0 Å². The van der Waals surface area contributed by atoms with Crippen LogP contribution in [0, 0.1) is 17.0 Å². The van der Waals surface area contributed by atoms with Crippen LogP contribution < -0.4 is 5.32 Å². The van der Waals surface area contributed by atoms with E-state index in [0.29, 0.717) is 16.1 Å². The Morgan fingerprint density at radius 3 is 2.43 bits per heavy atom. The zero-order valence-corrected chi connectivity index (χ0v) is 13.6. The van der Waals surface area contributed by atoms with Crippen LogP contribution in [0.3, 0.4) is 0 Å². The van der Waals surface area contributed by atoms with Gasteiger partial charge in [-0.1, -0.05) is 30.7 Å². The molecule has 1 amide bonds. The Balaban J connectivity index is 2.18. The Kier molecular flexibility index (Phi) is 5.34. The molecule has 0 bridgehead atoms. The molecule has 2 aromatic carbocycles. The Labute approximate surface area is 139 Å². The summed E-state index contributed by atoms with van der Waals surface area (Å²) in [5.41, 5.74) is 1.83. The number of carbonyl (C=O) groups is 1. The summed E-state index contributed by atoms with van der Waals surface area (Å²) < 4.78 is 0. The Bertz CT molecular complexity index is 729. The first kappa shape index (κ1) is 17.0. The summed E-state index contributed by atoms with van der Waals surface area (Å²) in [6.07, 6.45) is 0.722. The maximum atomic E-state index is 12.4. The summed E-state index contributed by atoms with van der Waals surface area (Å²) >= 11 is 5.88. The molecule has 0 aliphatic rings. The monoisotopic (exact) mass is 332 g/mol. The number of rotatable bonds is 5. The Hall–Kier alpha value is -2.40. The van der Waals surface area contributed by atoms with E-state index in [-0.39, 0.29) is 17.6 Å². The van der Waals surface area contributed by atoms with E-state index in [1.54, 1.807) is 19.1 Å². The molecule has 5 nitrogen and oxygen atoms in total. The topological polar surface area (TPSA) is 72.2 Å². The highest BCUT2D eigenvalue weighted by Gasteiger charge is 2.17. The number of nitrogens with zero attached hydrogens (tertiary/aromatic N) is 1. The fourth-order valence-electron chi connectivity index (χ4n) is 2.36. The van der Waals surface area contributed by atoms with Crippen molar-refractivity contribution in [2.75, 3.05) is 0 Å². The number of aryl methyl sites for hydroxylation is 1. The molecule has 0 saturated carbocycles. The molecular weight excluding hydrogens is 316 g/mol. The Morgan fingerprint density at radius 1 is 1.26 bits per heavy atom. The van der Waals surface area contributed by atoms with Gasteiger partial charge in [-0.05, 0) is 43.2 Å². The van der Waals surface area contributed by atoms with Crippen molar-refractivity contribution >= 4 is 23.2 Å². The van der Waals surface area contributed by atoms with Gasteiger partial charge < -0.3 is 5.32 Å². The summed E-state index contributed by atoms with van der Waals surface area (Å²) in [5, 5.41) is 14.4. The number of benzene rings is 2. The summed E-state index contributed by atoms with van der Waals surface area (Å²) in [4.78, 5) is 22.8. The average Bonchev–Trinajstić information content (AvgIpc) is 2.52. The van der Waals surface area contributed by atoms with Crippen molar-refractivity contribution in [2.24, 2.45) is 0 Å². The first-order chi connectivity index (χ1) is 10.9. The van der Waals surface area contributed by atoms with E-state index in [9.17, 15) is 14.9 Å². The molecule has 0 spiro atoms. The van der Waals surface area contributed by atoms with Crippen molar-refractivity contribution in [3.05, 3.63) is 74.3 Å². The van der Waals surface area contributed by atoms with Gasteiger partial charge in [0, 0.05) is 22.2 Å². The number of nitrogens with one attached hydrogen (secondary N) is 1. The highest BCUT2D eigenvalue weighted by Crippen LogP contribution is 2.22. The van der Waals surface area contributed by atoms with Crippen LogP contribution in [-0.4, -0.2) is 10.8 Å². The normalized spacial score (nSPS) is 11.8. The van der Waals surface area contributed by atoms with Crippen LogP contribution in [0.2, 0.25) is 5.02 Å². The predicted molar refractivity (Wildman–Crippen MR) is 89.8 cm³/mol. The maximum Gasteiger partial charge on any atom is 0.272 e. The van der Waals surface area contributed by atoms with Gasteiger partial charge >= 0.3 is 0 Å². The predicted octanol–water partition coefficient (Wildman–Crippen LogP) is 4.44. The molecule has 120 valence electrons. The highest BCUT2D eigenvalue weighted by atomic mass is 35.5. The first-order valence-corrected chi connectivity index (χ1v) is 7.61. The molecule has 23 heavy (non-hydrogen) atoms. The minimum Gasteiger partial charge on any atom is -0.345 e. The van der Waals surface area contributed by atoms with Gasteiger partial charge in [-0.25, -0.2) is 0 Å². The molecule has 2 rings (SSSR count). The number of hydrogen-bond acceptors (Lipinski definition) is 3. The SMILES string of the molecule is CCC(NC(=O)c1ccc([N+](=O)[O-])c(C)c1)c1ccc(Cl)cc1. The second kappa shape index (κ2) is 7.24. The molecule has 2 aromatic rings. The zero-order chi connectivity index (χ0) is 17.0. The number of hydrogen-bond donors (Lipinski definition) is 1. The van der Waals surface area contributed by atoms with Crippen LogP contribution in [0.15, 0.2) is 42.5 Å². The Morgan fingerprint density at radius 2 is 1.91 bits per heavy atom. The van der Waals surface area contributed by atoms with Crippen LogP contribution >= 0.6 is 11.6 Å². The fraction of sp³-hybridized carbons (Fsp3) is 0.235. The maximum absolute atomic E-state index is 12.4. The number of nitro benzene ring substituents is 1. The van der Waals surface area contributed by atoms with E-state index in [4.69, 9.17) is 11.6 Å². The zero-order valence-electron chi connectivity index (χ0n) is 12.9. The minimum absolute atomic E-state index is 0.00583. The quantitative estimate of drug-likeness (QED) is 0.650. The molecule has 6 heteroatoms. The van der Waals surface area contributed by atoms with Crippen molar-refractivity contribution < 1.29 is 9.72 Å². The van der Waals surface area contributed by atoms with Gasteiger partial charge in [0.15, 0.2) is 0 Å². The molecule has 1 unspecified atom stereocenters. The molecule has 0 saturated heterocycles. The largest absolute Gasteiger partial charge is 0.345 e. The van der Waals surface area contributed by atoms with Gasteiger partial charge in [-0.2, -0.15) is 0 Å². The molecule has 1 atom stereocenters. The lowest BCUT2D eigenvalue weighted by Gasteiger charge is -2.17. The molecule has 0 radical (unpaired) electrons. The van der Waals surface area contributed by atoms with Gasteiger partial charge in [0.2, 0.25) is 0 Å². The lowest BCUT2D eigenvalue weighted by Crippen LogP contribution is -2.28. The fourth-order valence-corrected chi connectivity index (χ4v) is 2.49. The average molecular weight is 333 g/mol. The van der Waals surface area contributed by atoms with Gasteiger partial charge in [-0.3, -0.25) is 14.9 Å². The van der Waals surface area contributed by atoms with Gasteiger partial charge in [0.05, 0.1) is 11.0 Å². The molecule has 0 aliphatic heterocycles. The summed E-state index contributed by atoms with van der Waals surface area (Å²) in [6.45, 7) is 3.59. The molecule has 0 aromatic heterocycles. The van der Waals surface area contributed by atoms with E-state index in [1.165, 1.54) is 18.2 Å². The summed E-state index contributed by atoms with van der Waals surface area (Å²) in [6, 6.07) is 11.5. The number of halogens is 1. The van der Waals surface area contributed by atoms with E-state index < -0.39 is 4.92 Å². The number of amides is 1. The van der Waals surface area contributed by atoms with Gasteiger partial charge in [0.25, 0.3) is 11.6 Å². The van der Waals surface area contributed by atoms with Crippen molar-refractivity contribution in [2.45, 2.75) is 26.3 Å². The third-order valence-electron chi connectivity index (χ3n) is 3.64. The molecule has 0 fully saturated rings. The highest BCUT2D eigenvalue weighted by molar-refractivity contribution is 6.30. The van der Waals surface area contributed by atoms with Crippen LogP contribution in [0.25, 0.3) is 0 Å². The van der Waals surface area contributed by atoms with Crippen LogP contribution in [0.1, 0.15) is 40.9 Å². The molecule has 1 N–H and O–H groups in total. The third kappa shape index (κ3) is 4.07. The third-order valence-corrected chi connectivity index (χ3v) is 3.89. The molecule has 0 aliphatic carbocycles. The standard InChI is InChI=1S/C17H17ClN2O3/c1-3-15(12-4-7-14(18)8-5-12)19-17(21)13-6-9-16(20(22)23)11(2)10-13/h4-10,15H,3H2,1-2H3,(H,19,21). The van der Waals surface area contributed by atoms with Crippen molar-refractivity contribution in [1.82, 2.24) is 5.32 Å². The van der Waals surface area contributed by atoms with Crippen LogP contribution in [0.5, 0.6) is 0 Å². The number of nitro groups is 1. The molecule has 0 heterocycles. The second-order valence-electron chi connectivity index (χ2n) is 5.24. The smallest absolute Gasteiger partial charge is 0.272 e.